The van der Waals surface area contributed by atoms with Crippen molar-refractivity contribution in [3.8, 4) is 0 Å². The Bertz CT molecular complexity index is 107. The highest BCUT2D eigenvalue weighted by Crippen LogP contribution is 1.92. The van der Waals surface area contributed by atoms with Crippen LogP contribution in [-0.2, 0) is 4.74 Å². The van der Waals surface area contributed by atoms with E-state index in [1.807, 2.05) is 0 Å². The fraction of sp³-hybridized carbons (Fsp3) is 1.00. The topological polar surface area (TPSA) is 41.5 Å². The van der Waals surface area contributed by atoms with Crippen molar-refractivity contribution >= 4 is 0 Å². The van der Waals surface area contributed by atoms with Gasteiger partial charge < -0.3 is 15.2 Å². The van der Waals surface area contributed by atoms with E-state index in [-0.39, 0.29) is 0 Å². The Labute approximate surface area is 87.8 Å². The molecule has 2 N–H and O–H groups in total. The number of aliphatic hydroxyl groups excluding tert-OH is 1. The third-order valence-corrected chi connectivity index (χ3v) is 1.89. The standard InChI is InChI=1S/C11H25NO2/c1-11(2)10-14-9-7-12-6-4-3-5-8-13/h11-13H,3-10H2,1-2H3. The summed E-state index contributed by atoms with van der Waals surface area (Å²) in [6.45, 7) is 8.25. The molecule has 0 heterocycles. The molecule has 0 aliphatic heterocycles. The van der Waals surface area contributed by atoms with Gasteiger partial charge in [-0.25, -0.2) is 0 Å². The number of rotatable bonds is 10. The molecule has 0 radical (unpaired) electrons. The summed E-state index contributed by atoms with van der Waals surface area (Å²) in [5, 5.41) is 11.9. The molecule has 0 aliphatic rings. The van der Waals surface area contributed by atoms with Crippen molar-refractivity contribution in [2.24, 2.45) is 5.92 Å². The lowest BCUT2D eigenvalue weighted by Gasteiger charge is -2.07. The van der Waals surface area contributed by atoms with Crippen molar-refractivity contribution in [3.63, 3.8) is 0 Å². The van der Waals surface area contributed by atoms with Crippen molar-refractivity contribution in [2.45, 2.75) is 33.1 Å². The second-order valence-electron chi connectivity index (χ2n) is 4.00. The maximum atomic E-state index is 8.55. The molecule has 14 heavy (non-hydrogen) atoms. The molecular weight excluding hydrogens is 178 g/mol. The van der Waals surface area contributed by atoms with Crippen molar-refractivity contribution in [1.29, 1.82) is 0 Å². The van der Waals surface area contributed by atoms with Crippen LogP contribution in [0.5, 0.6) is 0 Å². The van der Waals surface area contributed by atoms with E-state index in [1.54, 1.807) is 0 Å². The molecule has 3 heteroatoms. The maximum Gasteiger partial charge on any atom is 0.0591 e. The average molecular weight is 203 g/mol. The summed E-state index contributed by atoms with van der Waals surface area (Å²) in [5.74, 6) is 0.625. The predicted octanol–water partition coefficient (Wildman–Crippen LogP) is 1.41. The summed E-state index contributed by atoms with van der Waals surface area (Å²) in [5.41, 5.74) is 0. The third-order valence-electron chi connectivity index (χ3n) is 1.89. The van der Waals surface area contributed by atoms with Gasteiger partial charge in [-0.3, -0.25) is 0 Å². The van der Waals surface area contributed by atoms with Gasteiger partial charge in [0.1, 0.15) is 0 Å². The molecule has 0 saturated heterocycles. The third kappa shape index (κ3) is 11.9. The molecule has 0 rings (SSSR count). The Hall–Kier alpha value is -0.120. The SMILES string of the molecule is CC(C)COCCNCCCCCO. The predicted molar refractivity (Wildman–Crippen MR) is 59.5 cm³/mol. The molecule has 86 valence electrons. The Morgan fingerprint density at radius 1 is 1.14 bits per heavy atom. The number of ether oxygens (including phenoxy) is 1. The van der Waals surface area contributed by atoms with Crippen LogP contribution >= 0.6 is 0 Å². The zero-order valence-corrected chi connectivity index (χ0v) is 9.59. The molecule has 0 saturated carbocycles. The minimum absolute atomic E-state index is 0.317. The fourth-order valence-corrected chi connectivity index (χ4v) is 1.13. The lowest BCUT2D eigenvalue weighted by atomic mass is 10.2. The number of aliphatic hydroxyl groups is 1. The zero-order valence-electron chi connectivity index (χ0n) is 9.59. The molecule has 0 amide bonds. The van der Waals surface area contributed by atoms with E-state index >= 15 is 0 Å². The van der Waals surface area contributed by atoms with Crippen LogP contribution < -0.4 is 5.32 Å². The second-order valence-corrected chi connectivity index (χ2v) is 4.00. The van der Waals surface area contributed by atoms with E-state index in [2.05, 4.69) is 19.2 Å². The molecule has 0 aromatic carbocycles. The zero-order chi connectivity index (χ0) is 10.6. The highest BCUT2D eigenvalue weighted by molar-refractivity contribution is 4.48. The number of hydrogen-bond acceptors (Lipinski definition) is 3. The number of hydrogen-bond donors (Lipinski definition) is 2. The highest BCUT2D eigenvalue weighted by Gasteiger charge is 1.93. The number of nitrogens with one attached hydrogen (secondary N) is 1. The lowest BCUT2D eigenvalue weighted by molar-refractivity contribution is 0.112. The van der Waals surface area contributed by atoms with Crippen LogP contribution in [0.2, 0.25) is 0 Å². The van der Waals surface area contributed by atoms with Crippen LogP contribution in [-0.4, -0.2) is 38.0 Å². The Morgan fingerprint density at radius 2 is 1.93 bits per heavy atom. The summed E-state index contributed by atoms with van der Waals surface area (Å²) in [6.07, 6.45) is 3.17. The van der Waals surface area contributed by atoms with E-state index in [0.717, 1.165) is 45.6 Å². The first-order chi connectivity index (χ1) is 6.77. The van der Waals surface area contributed by atoms with Crippen LogP contribution in [0.1, 0.15) is 33.1 Å². The van der Waals surface area contributed by atoms with E-state index in [1.165, 1.54) is 0 Å². The van der Waals surface area contributed by atoms with Gasteiger partial charge in [0.05, 0.1) is 6.61 Å². The summed E-state index contributed by atoms with van der Waals surface area (Å²) >= 11 is 0. The largest absolute Gasteiger partial charge is 0.396 e. The highest BCUT2D eigenvalue weighted by atomic mass is 16.5. The van der Waals surface area contributed by atoms with Gasteiger partial charge in [-0.1, -0.05) is 13.8 Å². The maximum absolute atomic E-state index is 8.55. The van der Waals surface area contributed by atoms with Gasteiger partial charge in [0.25, 0.3) is 0 Å². The Balaban J connectivity index is 2.85. The molecule has 0 spiro atoms. The second kappa shape index (κ2) is 11.0. The van der Waals surface area contributed by atoms with E-state index in [4.69, 9.17) is 9.84 Å². The quantitative estimate of drug-likeness (QED) is 0.528. The normalized spacial score (nSPS) is 11.1. The van der Waals surface area contributed by atoms with Crippen LogP contribution in [0.3, 0.4) is 0 Å². The van der Waals surface area contributed by atoms with Crippen LogP contribution in [0.25, 0.3) is 0 Å². The number of unbranched alkanes of at least 4 members (excludes halogenated alkanes) is 2. The van der Waals surface area contributed by atoms with Crippen molar-refractivity contribution in [1.82, 2.24) is 5.32 Å². The first-order valence-corrected chi connectivity index (χ1v) is 5.66. The van der Waals surface area contributed by atoms with Crippen LogP contribution in [0.4, 0.5) is 0 Å². The molecule has 0 unspecified atom stereocenters. The van der Waals surface area contributed by atoms with Gasteiger partial charge >= 0.3 is 0 Å². The van der Waals surface area contributed by atoms with E-state index in [0.29, 0.717) is 12.5 Å². The van der Waals surface area contributed by atoms with Crippen LogP contribution in [0, 0.1) is 5.92 Å². The smallest absolute Gasteiger partial charge is 0.0591 e. The summed E-state index contributed by atoms with van der Waals surface area (Å²) < 4.78 is 5.42. The minimum Gasteiger partial charge on any atom is -0.396 e. The van der Waals surface area contributed by atoms with Crippen LogP contribution in [0.15, 0.2) is 0 Å². The average Bonchev–Trinajstić information content (AvgIpc) is 2.15. The Morgan fingerprint density at radius 3 is 2.57 bits per heavy atom. The van der Waals surface area contributed by atoms with Gasteiger partial charge in [0.15, 0.2) is 0 Å². The summed E-state index contributed by atoms with van der Waals surface area (Å²) in [6, 6.07) is 0. The van der Waals surface area contributed by atoms with Crippen molar-refractivity contribution in [3.05, 3.63) is 0 Å². The first-order valence-electron chi connectivity index (χ1n) is 5.66. The van der Waals surface area contributed by atoms with E-state index in [9.17, 15) is 0 Å². The van der Waals surface area contributed by atoms with E-state index < -0.39 is 0 Å². The molecule has 0 atom stereocenters. The summed E-state index contributed by atoms with van der Waals surface area (Å²) in [4.78, 5) is 0. The van der Waals surface area contributed by atoms with Gasteiger partial charge in [0, 0.05) is 19.8 Å². The van der Waals surface area contributed by atoms with Gasteiger partial charge in [0.2, 0.25) is 0 Å². The minimum atomic E-state index is 0.317. The van der Waals surface area contributed by atoms with Gasteiger partial charge in [-0.2, -0.15) is 0 Å². The monoisotopic (exact) mass is 203 g/mol. The lowest BCUT2D eigenvalue weighted by Crippen LogP contribution is -2.21. The molecule has 0 aromatic heterocycles. The Kier molecular flexibility index (Phi) is 10.9. The fourth-order valence-electron chi connectivity index (χ4n) is 1.13. The molecule has 0 aliphatic carbocycles. The first kappa shape index (κ1) is 13.9. The van der Waals surface area contributed by atoms with Gasteiger partial charge in [-0.15, -0.1) is 0 Å². The van der Waals surface area contributed by atoms with Crippen molar-refractivity contribution < 1.29 is 9.84 Å². The molecular formula is C11H25NO2. The van der Waals surface area contributed by atoms with Crippen molar-refractivity contribution in [2.75, 3.05) is 32.9 Å². The molecule has 0 bridgehead atoms. The molecule has 3 nitrogen and oxygen atoms in total. The summed E-state index contributed by atoms with van der Waals surface area (Å²) in [7, 11) is 0. The van der Waals surface area contributed by atoms with Gasteiger partial charge in [-0.05, 0) is 31.7 Å². The molecule has 0 aromatic rings. The molecule has 0 fully saturated rings.